The van der Waals surface area contributed by atoms with Gasteiger partial charge < -0.3 is 20.5 Å². The normalized spacial score (nSPS) is 16.5. The van der Waals surface area contributed by atoms with Crippen molar-refractivity contribution in [3.63, 3.8) is 0 Å². The van der Waals surface area contributed by atoms with E-state index >= 15 is 0 Å². The number of benzene rings is 1. The highest BCUT2D eigenvalue weighted by Gasteiger charge is 2.19. The molecule has 0 spiro atoms. The molecule has 1 fully saturated rings. The minimum absolute atomic E-state index is 0. The number of likely N-dealkylation sites (tertiary alicyclic amines) is 1. The molecule has 0 radical (unpaired) electrons. The van der Waals surface area contributed by atoms with Crippen molar-refractivity contribution in [3.05, 3.63) is 30.1 Å². The largest absolute Gasteiger partial charge is 0.356 e. The van der Waals surface area contributed by atoms with Crippen molar-refractivity contribution in [2.24, 2.45) is 4.99 Å². The van der Waals surface area contributed by atoms with Gasteiger partial charge in [-0.3, -0.25) is 4.99 Å². The van der Waals surface area contributed by atoms with Crippen LogP contribution in [0.15, 0.2) is 29.3 Å². The molecule has 2 heterocycles. The van der Waals surface area contributed by atoms with Gasteiger partial charge in [0.25, 0.3) is 0 Å². The summed E-state index contributed by atoms with van der Waals surface area (Å²) in [5.41, 5.74) is 2.12. The first-order valence-electron chi connectivity index (χ1n) is 9.41. The summed E-state index contributed by atoms with van der Waals surface area (Å²) in [6.45, 7) is 6.65. The standard InChI is InChI=1S/C19H30N6.HI/c1-3-12-25-13-9-15(10-14-25)22-19(20-2)21-11-8-18-23-16-6-4-5-7-17(16)24-18;/h4-7,15H,3,8-14H2,1-2H3,(H,23,24)(H2,20,21,22);1H. The summed E-state index contributed by atoms with van der Waals surface area (Å²) >= 11 is 0. The number of fused-ring (bicyclic) bond motifs is 1. The van der Waals surface area contributed by atoms with E-state index in [0.717, 1.165) is 35.8 Å². The third kappa shape index (κ3) is 5.84. The van der Waals surface area contributed by atoms with Gasteiger partial charge in [-0.2, -0.15) is 0 Å². The van der Waals surface area contributed by atoms with Crippen molar-refractivity contribution in [3.8, 4) is 0 Å². The van der Waals surface area contributed by atoms with Crippen LogP contribution >= 0.6 is 24.0 Å². The van der Waals surface area contributed by atoms with Crippen LogP contribution in [0.3, 0.4) is 0 Å². The fourth-order valence-electron chi connectivity index (χ4n) is 3.43. The molecule has 0 amide bonds. The van der Waals surface area contributed by atoms with Crippen molar-refractivity contribution in [2.45, 2.75) is 38.6 Å². The Balaban J connectivity index is 0.00000243. The van der Waals surface area contributed by atoms with Gasteiger partial charge in [-0.1, -0.05) is 19.1 Å². The second kappa shape index (κ2) is 10.7. The van der Waals surface area contributed by atoms with E-state index in [9.17, 15) is 0 Å². The first-order chi connectivity index (χ1) is 12.3. The number of aromatic amines is 1. The van der Waals surface area contributed by atoms with Crippen LogP contribution in [0.4, 0.5) is 0 Å². The minimum atomic E-state index is 0. The van der Waals surface area contributed by atoms with Gasteiger partial charge in [0.05, 0.1) is 11.0 Å². The summed E-state index contributed by atoms with van der Waals surface area (Å²) in [5.74, 6) is 1.90. The third-order valence-corrected chi connectivity index (χ3v) is 4.78. The third-order valence-electron chi connectivity index (χ3n) is 4.78. The fourth-order valence-corrected chi connectivity index (χ4v) is 3.43. The van der Waals surface area contributed by atoms with Crippen molar-refractivity contribution in [2.75, 3.05) is 33.2 Å². The van der Waals surface area contributed by atoms with Gasteiger partial charge in [-0.05, 0) is 37.9 Å². The predicted octanol–water partition coefficient (Wildman–Crippen LogP) is 2.76. The van der Waals surface area contributed by atoms with Gasteiger partial charge in [-0.25, -0.2) is 4.98 Å². The van der Waals surface area contributed by atoms with Crippen LogP contribution in [0.25, 0.3) is 11.0 Å². The van der Waals surface area contributed by atoms with Gasteiger partial charge in [0.2, 0.25) is 0 Å². The molecular formula is C19H31IN6. The maximum atomic E-state index is 4.62. The maximum absolute atomic E-state index is 4.62. The Labute approximate surface area is 173 Å². The lowest BCUT2D eigenvalue weighted by molar-refractivity contribution is 0.206. The molecule has 1 saturated heterocycles. The topological polar surface area (TPSA) is 68.3 Å². The number of halogens is 1. The Hall–Kier alpha value is -1.35. The van der Waals surface area contributed by atoms with Gasteiger partial charge in [0.1, 0.15) is 5.82 Å². The number of piperidine rings is 1. The molecule has 144 valence electrons. The van der Waals surface area contributed by atoms with E-state index in [1.165, 1.54) is 38.9 Å². The zero-order chi connectivity index (χ0) is 17.5. The van der Waals surface area contributed by atoms with Crippen molar-refractivity contribution in [1.82, 2.24) is 25.5 Å². The molecule has 3 rings (SSSR count). The summed E-state index contributed by atoms with van der Waals surface area (Å²) in [4.78, 5) is 14.9. The Morgan fingerprint density at radius 3 is 2.77 bits per heavy atom. The first-order valence-corrected chi connectivity index (χ1v) is 9.41. The lowest BCUT2D eigenvalue weighted by Gasteiger charge is -2.32. The van der Waals surface area contributed by atoms with E-state index < -0.39 is 0 Å². The van der Waals surface area contributed by atoms with Gasteiger partial charge >= 0.3 is 0 Å². The molecular weight excluding hydrogens is 439 g/mol. The number of hydrogen-bond acceptors (Lipinski definition) is 3. The van der Waals surface area contributed by atoms with E-state index in [1.54, 1.807) is 0 Å². The molecule has 0 bridgehead atoms. The Bertz CT molecular complexity index is 657. The summed E-state index contributed by atoms with van der Waals surface area (Å²) in [5, 5.41) is 6.97. The van der Waals surface area contributed by atoms with Gasteiger partial charge in [0, 0.05) is 39.1 Å². The van der Waals surface area contributed by atoms with Crippen LogP contribution in [-0.2, 0) is 6.42 Å². The Morgan fingerprint density at radius 2 is 2.08 bits per heavy atom. The molecule has 1 aliphatic rings. The lowest BCUT2D eigenvalue weighted by Crippen LogP contribution is -2.49. The Morgan fingerprint density at radius 1 is 1.31 bits per heavy atom. The van der Waals surface area contributed by atoms with E-state index in [1.807, 2.05) is 25.2 Å². The lowest BCUT2D eigenvalue weighted by atomic mass is 10.1. The summed E-state index contributed by atoms with van der Waals surface area (Å²) in [7, 11) is 1.84. The van der Waals surface area contributed by atoms with Crippen molar-refractivity contribution in [1.29, 1.82) is 0 Å². The highest BCUT2D eigenvalue weighted by atomic mass is 127. The molecule has 0 aliphatic carbocycles. The highest BCUT2D eigenvalue weighted by molar-refractivity contribution is 14.0. The van der Waals surface area contributed by atoms with Gasteiger partial charge in [-0.15, -0.1) is 24.0 Å². The van der Waals surface area contributed by atoms with Crippen LogP contribution in [0, 0.1) is 0 Å². The minimum Gasteiger partial charge on any atom is -0.356 e. The number of imidazole rings is 1. The van der Waals surface area contributed by atoms with E-state index in [2.05, 4.69) is 43.5 Å². The number of aromatic nitrogens is 2. The molecule has 1 aliphatic heterocycles. The van der Waals surface area contributed by atoms with Crippen LogP contribution < -0.4 is 10.6 Å². The van der Waals surface area contributed by atoms with E-state index in [4.69, 9.17) is 0 Å². The summed E-state index contributed by atoms with van der Waals surface area (Å²) in [6, 6.07) is 8.66. The molecule has 2 aromatic rings. The predicted molar refractivity (Wildman–Crippen MR) is 119 cm³/mol. The zero-order valence-corrected chi connectivity index (χ0v) is 18.1. The molecule has 0 atom stereocenters. The number of guanidine groups is 1. The quantitative estimate of drug-likeness (QED) is 0.345. The summed E-state index contributed by atoms with van der Waals surface area (Å²) in [6.07, 6.45) is 4.46. The molecule has 6 nitrogen and oxygen atoms in total. The average molecular weight is 470 g/mol. The molecule has 0 saturated carbocycles. The first kappa shape index (κ1) is 21.0. The number of rotatable bonds is 6. The number of hydrogen-bond donors (Lipinski definition) is 3. The van der Waals surface area contributed by atoms with E-state index in [-0.39, 0.29) is 24.0 Å². The SMILES string of the molecule is CCCN1CCC(NC(=NC)NCCc2nc3ccccc3[nH]2)CC1.I. The van der Waals surface area contributed by atoms with Crippen LogP contribution in [0.2, 0.25) is 0 Å². The van der Waals surface area contributed by atoms with E-state index in [0.29, 0.717) is 6.04 Å². The van der Waals surface area contributed by atoms with Crippen LogP contribution in [0.1, 0.15) is 32.0 Å². The molecule has 26 heavy (non-hydrogen) atoms. The molecule has 7 heteroatoms. The molecule has 3 N–H and O–H groups in total. The van der Waals surface area contributed by atoms with Crippen LogP contribution in [-0.4, -0.2) is 60.1 Å². The second-order valence-electron chi connectivity index (χ2n) is 6.71. The fraction of sp³-hybridized carbons (Fsp3) is 0.579. The van der Waals surface area contributed by atoms with Crippen LogP contribution in [0.5, 0.6) is 0 Å². The number of para-hydroxylation sites is 2. The maximum Gasteiger partial charge on any atom is 0.191 e. The number of nitrogens with one attached hydrogen (secondary N) is 3. The molecule has 1 aromatic carbocycles. The average Bonchev–Trinajstić information content (AvgIpc) is 3.05. The molecule has 1 aromatic heterocycles. The number of H-pyrrole nitrogens is 1. The zero-order valence-electron chi connectivity index (χ0n) is 15.8. The monoisotopic (exact) mass is 470 g/mol. The highest BCUT2D eigenvalue weighted by Crippen LogP contribution is 2.11. The number of nitrogens with zero attached hydrogens (tertiary/aromatic N) is 3. The number of aliphatic imine (C=N–C) groups is 1. The smallest absolute Gasteiger partial charge is 0.191 e. The molecule has 0 unspecified atom stereocenters. The van der Waals surface area contributed by atoms with Gasteiger partial charge in [0.15, 0.2) is 5.96 Å². The van der Waals surface area contributed by atoms with Crippen molar-refractivity contribution < 1.29 is 0 Å². The van der Waals surface area contributed by atoms with Crippen molar-refractivity contribution >= 4 is 41.0 Å². The Kier molecular flexibility index (Phi) is 8.64. The second-order valence-corrected chi connectivity index (χ2v) is 6.71. The summed E-state index contributed by atoms with van der Waals surface area (Å²) < 4.78 is 0.